The lowest BCUT2D eigenvalue weighted by Crippen LogP contribution is -2.43. The Morgan fingerprint density at radius 2 is 1.88 bits per heavy atom. The monoisotopic (exact) mass is 246 g/mol. The highest BCUT2D eigenvalue weighted by atomic mass is 16.5. The van der Waals surface area contributed by atoms with E-state index in [-0.39, 0.29) is 18.6 Å². The van der Waals surface area contributed by atoms with E-state index in [4.69, 9.17) is 9.84 Å². The molecular weight excluding hydrogens is 224 g/mol. The molecule has 0 aliphatic carbocycles. The lowest BCUT2D eigenvalue weighted by Gasteiger charge is -2.23. The van der Waals surface area contributed by atoms with Crippen molar-refractivity contribution in [3.8, 4) is 0 Å². The Hall–Kier alpha value is -1.14. The number of likely N-dealkylation sites (N-methyl/N-ethyl adjacent to an activating group) is 1. The predicted molar refractivity (Wildman–Crippen MR) is 63.8 cm³/mol. The van der Waals surface area contributed by atoms with Gasteiger partial charge in [0.15, 0.2) is 0 Å². The van der Waals surface area contributed by atoms with Crippen LogP contribution in [0.5, 0.6) is 0 Å². The van der Waals surface area contributed by atoms with E-state index in [1.807, 2.05) is 6.92 Å². The van der Waals surface area contributed by atoms with Crippen LogP contribution < -0.4 is 5.32 Å². The number of amides is 1. The molecule has 2 N–H and O–H groups in total. The second kappa shape index (κ2) is 8.95. The number of carbonyl (C=O) groups excluding carboxylic acids is 1. The number of hydrogen-bond donors (Lipinski definition) is 2. The highest BCUT2D eigenvalue weighted by Crippen LogP contribution is 1.91. The summed E-state index contributed by atoms with van der Waals surface area (Å²) in [6.07, 6.45) is 0. The van der Waals surface area contributed by atoms with Gasteiger partial charge in [-0.05, 0) is 20.0 Å². The topological polar surface area (TPSA) is 78.9 Å². The highest BCUT2D eigenvalue weighted by Gasteiger charge is 2.10. The fourth-order valence-electron chi connectivity index (χ4n) is 1.46. The summed E-state index contributed by atoms with van der Waals surface area (Å²) in [5.74, 6) is -1.36. The normalized spacial score (nSPS) is 12.5. The van der Waals surface area contributed by atoms with Gasteiger partial charge in [-0.15, -0.1) is 0 Å². The Morgan fingerprint density at radius 1 is 1.29 bits per heavy atom. The lowest BCUT2D eigenvalue weighted by atomic mass is 10.3. The number of hydrogen-bond acceptors (Lipinski definition) is 4. The summed E-state index contributed by atoms with van der Waals surface area (Å²) in [7, 11) is 0. The summed E-state index contributed by atoms with van der Waals surface area (Å²) >= 11 is 0. The molecule has 0 aromatic carbocycles. The van der Waals surface area contributed by atoms with E-state index in [0.29, 0.717) is 0 Å². The minimum absolute atomic E-state index is 0.0239. The first-order valence-electron chi connectivity index (χ1n) is 5.80. The molecule has 0 saturated heterocycles. The summed E-state index contributed by atoms with van der Waals surface area (Å²) in [4.78, 5) is 23.7. The summed E-state index contributed by atoms with van der Waals surface area (Å²) in [5, 5.41) is 11.1. The molecular formula is C11H22N2O4. The molecule has 0 aliphatic rings. The van der Waals surface area contributed by atoms with Crippen molar-refractivity contribution < 1.29 is 19.4 Å². The van der Waals surface area contributed by atoms with Crippen molar-refractivity contribution in [3.05, 3.63) is 0 Å². The zero-order valence-electron chi connectivity index (χ0n) is 10.7. The SMILES string of the molecule is CCN(CC)CC(C)NC(=O)COCC(=O)O. The molecule has 1 unspecified atom stereocenters. The van der Waals surface area contributed by atoms with Gasteiger partial charge in [0.05, 0.1) is 0 Å². The Labute approximate surface area is 102 Å². The van der Waals surface area contributed by atoms with E-state index in [9.17, 15) is 9.59 Å². The Kier molecular flexibility index (Phi) is 8.35. The first kappa shape index (κ1) is 15.9. The Morgan fingerprint density at radius 3 is 2.35 bits per heavy atom. The Balaban J connectivity index is 3.75. The number of rotatable bonds is 9. The number of carboxylic acids is 1. The summed E-state index contributed by atoms with van der Waals surface area (Å²) in [5.41, 5.74) is 0. The zero-order valence-corrected chi connectivity index (χ0v) is 10.7. The first-order chi connectivity index (χ1) is 7.99. The van der Waals surface area contributed by atoms with Gasteiger partial charge in [-0.25, -0.2) is 4.79 Å². The summed E-state index contributed by atoms with van der Waals surface area (Å²) in [6, 6.07) is 0.0239. The van der Waals surface area contributed by atoms with Crippen LogP contribution >= 0.6 is 0 Å². The third-order valence-electron chi connectivity index (χ3n) is 2.29. The van der Waals surface area contributed by atoms with Gasteiger partial charge >= 0.3 is 5.97 Å². The van der Waals surface area contributed by atoms with Gasteiger partial charge in [-0.1, -0.05) is 13.8 Å². The van der Waals surface area contributed by atoms with E-state index in [1.54, 1.807) is 0 Å². The van der Waals surface area contributed by atoms with Crippen LogP contribution in [-0.2, 0) is 14.3 Å². The molecule has 0 aromatic rings. The molecule has 0 radical (unpaired) electrons. The maximum atomic E-state index is 11.3. The molecule has 0 fully saturated rings. The number of aliphatic carboxylic acids is 1. The third-order valence-corrected chi connectivity index (χ3v) is 2.29. The summed E-state index contributed by atoms with van der Waals surface area (Å²) < 4.78 is 4.69. The molecule has 0 heterocycles. The minimum Gasteiger partial charge on any atom is -0.480 e. The molecule has 1 amide bonds. The van der Waals surface area contributed by atoms with Crippen molar-refractivity contribution in [2.45, 2.75) is 26.8 Å². The maximum Gasteiger partial charge on any atom is 0.329 e. The molecule has 6 nitrogen and oxygen atoms in total. The lowest BCUT2D eigenvalue weighted by molar-refractivity contribution is -0.143. The number of carboxylic acid groups (broad SMARTS) is 1. The van der Waals surface area contributed by atoms with Crippen molar-refractivity contribution >= 4 is 11.9 Å². The second-order valence-electron chi connectivity index (χ2n) is 3.84. The molecule has 6 heteroatoms. The average Bonchev–Trinajstić information content (AvgIpc) is 2.25. The van der Waals surface area contributed by atoms with Crippen LogP contribution in [0.4, 0.5) is 0 Å². The predicted octanol–water partition coefficient (Wildman–Crippen LogP) is -0.0659. The largest absolute Gasteiger partial charge is 0.480 e. The summed E-state index contributed by atoms with van der Waals surface area (Å²) in [6.45, 7) is 8.03. The number of nitrogens with one attached hydrogen (secondary N) is 1. The van der Waals surface area contributed by atoms with Crippen LogP contribution in [0, 0.1) is 0 Å². The fraction of sp³-hybridized carbons (Fsp3) is 0.818. The van der Waals surface area contributed by atoms with E-state index in [1.165, 1.54) is 0 Å². The van der Waals surface area contributed by atoms with Crippen LogP contribution in [0.1, 0.15) is 20.8 Å². The first-order valence-corrected chi connectivity index (χ1v) is 5.80. The van der Waals surface area contributed by atoms with Crippen molar-refractivity contribution in [2.24, 2.45) is 0 Å². The minimum atomic E-state index is -1.08. The zero-order chi connectivity index (χ0) is 13.3. The van der Waals surface area contributed by atoms with Gasteiger partial charge in [-0.2, -0.15) is 0 Å². The van der Waals surface area contributed by atoms with E-state index < -0.39 is 12.6 Å². The fourth-order valence-corrected chi connectivity index (χ4v) is 1.46. The van der Waals surface area contributed by atoms with Crippen LogP contribution in [-0.4, -0.2) is 60.8 Å². The quantitative estimate of drug-likeness (QED) is 0.595. The van der Waals surface area contributed by atoms with E-state index >= 15 is 0 Å². The molecule has 1 atom stereocenters. The van der Waals surface area contributed by atoms with Gasteiger partial charge in [0.25, 0.3) is 0 Å². The van der Waals surface area contributed by atoms with Crippen LogP contribution in [0.2, 0.25) is 0 Å². The van der Waals surface area contributed by atoms with Gasteiger partial charge in [0, 0.05) is 12.6 Å². The maximum absolute atomic E-state index is 11.3. The van der Waals surface area contributed by atoms with E-state index in [0.717, 1.165) is 19.6 Å². The van der Waals surface area contributed by atoms with Crippen LogP contribution in [0.3, 0.4) is 0 Å². The molecule has 0 saturated carbocycles. The van der Waals surface area contributed by atoms with Crippen molar-refractivity contribution in [2.75, 3.05) is 32.8 Å². The van der Waals surface area contributed by atoms with Gasteiger partial charge in [-0.3, -0.25) is 4.79 Å². The molecule has 0 aliphatic heterocycles. The van der Waals surface area contributed by atoms with Gasteiger partial charge in [0.2, 0.25) is 5.91 Å². The number of nitrogens with zero attached hydrogens (tertiary/aromatic N) is 1. The van der Waals surface area contributed by atoms with Crippen LogP contribution in [0.25, 0.3) is 0 Å². The molecule has 0 aromatic heterocycles. The molecule has 17 heavy (non-hydrogen) atoms. The van der Waals surface area contributed by atoms with Gasteiger partial charge < -0.3 is 20.1 Å². The van der Waals surface area contributed by atoms with Crippen molar-refractivity contribution in [1.29, 1.82) is 0 Å². The molecule has 0 rings (SSSR count). The molecule has 100 valence electrons. The van der Waals surface area contributed by atoms with Gasteiger partial charge in [0.1, 0.15) is 13.2 Å². The van der Waals surface area contributed by atoms with Crippen molar-refractivity contribution in [1.82, 2.24) is 10.2 Å². The standard InChI is InChI=1S/C11H22N2O4/c1-4-13(5-2)6-9(3)12-10(14)7-17-8-11(15)16/h9H,4-8H2,1-3H3,(H,12,14)(H,15,16). The van der Waals surface area contributed by atoms with E-state index in [2.05, 4.69) is 24.1 Å². The van der Waals surface area contributed by atoms with Crippen molar-refractivity contribution in [3.63, 3.8) is 0 Å². The smallest absolute Gasteiger partial charge is 0.329 e. The third kappa shape index (κ3) is 8.65. The van der Waals surface area contributed by atoms with Crippen LogP contribution in [0.15, 0.2) is 0 Å². The second-order valence-corrected chi connectivity index (χ2v) is 3.84. The average molecular weight is 246 g/mol. The Bertz CT molecular complexity index is 242. The molecule has 0 bridgehead atoms. The number of carbonyl (C=O) groups is 2. The highest BCUT2D eigenvalue weighted by molar-refractivity contribution is 5.78. The molecule has 0 spiro atoms. The number of ether oxygens (including phenoxy) is 1.